The Hall–Kier alpha value is -1.20. The van der Waals surface area contributed by atoms with Gasteiger partial charge in [0, 0.05) is 17.4 Å². The van der Waals surface area contributed by atoms with Crippen LogP contribution in [0.3, 0.4) is 0 Å². The summed E-state index contributed by atoms with van der Waals surface area (Å²) >= 11 is 1.65. The van der Waals surface area contributed by atoms with Gasteiger partial charge in [0.15, 0.2) is 0 Å². The van der Waals surface area contributed by atoms with Gasteiger partial charge in [0.1, 0.15) is 0 Å². The molecule has 1 aliphatic rings. The van der Waals surface area contributed by atoms with Gasteiger partial charge in [-0.3, -0.25) is 0 Å². The number of rotatable bonds is 3. The van der Waals surface area contributed by atoms with Gasteiger partial charge < -0.3 is 9.84 Å². The van der Waals surface area contributed by atoms with Gasteiger partial charge in [-0.1, -0.05) is 5.16 Å². The molecule has 1 atom stereocenters. The summed E-state index contributed by atoms with van der Waals surface area (Å²) in [5.41, 5.74) is 1.05. The van der Waals surface area contributed by atoms with Gasteiger partial charge in [-0.15, -0.1) is 0 Å². The molecule has 1 aliphatic heterocycles. The first-order valence-corrected chi connectivity index (χ1v) is 6.92. The molecule has 0 unspecified atom stereocenters. The Morgan fingerprint density at radius 1 is 1.53 bits per heavy atom. The summed E-state index contributed by atoms with van der Waals surface area (Å²) in [6.45, 7) is 2.21. The van der Waals surface area contributed by atoms with Gasteiger partial charge in [0.05, 0.1) is 0 Å². The third-order valence-corrected chi connectivity index (χ3v) is 3.79. The number of nitrogens with one attached hydrogen (secondary N) is 1. The van der Waals surface area contributed by atoms with Crippen LogP contribution >= 0.6 is 11.3 Å². The van der Waals surface area contributed by atoms with E-state index >= 15 is 0 Å². The Morgan fingerprint density at radius 2 is 2.53 bits per heavy atom. The van der Waals surface area contributed by atoms with Gasteiger partial charge >= 0.3 is 0 Å². The van der Waals surface area contributed by atoms with E-state index in [4.69, 9.17) is 4.52 Å². The lowest BCUT2D eigenvalue weighted by Crippen LogP contribution is -2.30. The van der Waals surface area contributed by atoms with Crippen LogP contribution < -0.4 is 5.32 Å². The number of nitrogens with zero attached hydrogens (tertiary/aromatic N) is 2. The van der Waals surface area contributed by atoms with Crippen LogP contribution in [-0.2, 0) is 6.42 Å². The number of hydrogen-bond acceptors (Lipinski definition) is 5. The summed E-state index contributed by atoms with van der Waals surface area (Å²) in [6.07, 6.45) is 3.39. The van der Waals surface area contributed by atoms with E-state index in [0.717, 1.165) is 31.0 Å². The van der Waals surface area contributed by atoms with Crippen molar-refractivity contribution in [2.24, 2.45) is 5.92 Å². The Kier molecular flexibility index (Phi) is 3.20. The quantitative estimate of drug-likeness (QED) is 0.907. The van der Waals surface area contributed by atoms with Crippen molar-refractivity contribution in [2.45, 2.75) is 19.3 Å². The average molecular weight is 249 g/mol. The fraction of sp³-hybridized carbons (Fsp3) is 0.500. The Balaban J connectivity index is 1.68. The van der Waals surface area contributed by atoms with Crippen LogP contribution in [0.1, 0.15) is 18.7 Å². The topological polar surface area (TPSA) is 51.0 Å². The molecular weight excluding hydrogens is 234 g/mol. The van der Waals surface area contributed by atoms with Crippen molar-refractivity contribution in [3.8, 4) is 11.4 Å². The molecule has 4 nitrogen and oxygen atoms in total. The predicted molar refractivity (Wildman–Crippen MR) is 66.9 cm³/mol. The van der Waals surface area contributed by atoms with Crippen LogP contribution in [0.4, 0.5) is 0 Å². The number of hydrogen-bond donors (Lipinski definition) is 1. The number of aromatic nitrogens is 2. The van der Waals surface area contributed by atoms with Crippen molar-refractivity contribution in [3.63, 3.8) is 0 Å². The monoisotopic (exact) mass is 249 g/mol. The molecule has 0 radical (unpaired) electrons. The first-order chi connectivity index (χ1) is 8.42. The van der Waals surface area contributed by atoms with Crippen LogP contribution in [0.25, 0.3) is 11.4 Å². The highest BCUT2D eigenvalue weighted by Crippen LogP contribution is 2.21. The minimum absolute atomic E-state index is 0.638. The van der Waals surface area contributed by atoms with Gasteiger partial charge in [-0.05, 0) is 43.3 Å². The van der Waals surface area contributed by atoms with Crippen LogP contribution in [0.5, 0.6) is 0 Å². The second-order valence-corrected chi connectivity index (χ2v) is 5.22. The lowest BCUT2D eigenvalue weighted by atomic mass is 9.96. The highest BCUT2D eigenvalue weighted by atomic mass is 32.1. The van der Waals surface area contributed by atoms with Crippen molar-refractivity contribution >= 4 is 11.3 Å². The van der Waals surface area contributed by atoms with E-state index in [1.54, 1.807) is 11.3 Å². The number of thiophene rings is 1. The highest BCUT2D eigenvalue weighted by molar-refractivity contribution is 7.08. The first kappa shape index (κ1) is 10.9. The lowest BCUT2D eigenvalue weighted by Gasteiger charge is -2.20. The molecule has 3 heterocycles. The molecule has 0 amide bonds. The molecule has 0 aromatic carbocycles. The fourth-order valence-corrected chi connectivity index (χ4v) is 2.83. The van der Waals surface area contributed by atoms with Crippen molar-refractivity contribution < 1.29 is 4.52 Å². The van der Waals surface area contributed by atoms with Crippen LogP contribution in [0, 0.1) is 5.92 Å². The third-order valence-electron chi connectivity index (χ3n) is 3.11. The van der Waals surface area contributed by atoms with Gasteiger partial charge in [0.2, 0.25) is 11.7 Å². The summed E-state index contributed by atoms with van der Waals surface area (Å²) in [5.74, 6) is 2.12. The second-order valence-electron chi connectivity index (χ2n) is 4.44. The summed E-state index contributed by atoms with van der Waals surface area (Å²) < 4.78 is 5.31. The maximum absolute atomic E-state index is 5.31. The molecule has 1 fully saturated rings. The van der Waals surface area contributed by atoms with Gasteiger partial charge in [-0.2, -0.15) is 16.3 Å². The molecule has 0 bridgehead atoms. The highest BCUT2D eigenvalue weighted by Gasteiger charge is 2.17. The molecule has 17 heavy (non-hydrogen) atoms. The summed E-state index contributed by atoms with van der Waals surface area (Å²) in [7, 11) is 0. The van der Waals surface area contributed by atoms with Gasteiger partial charge in [-0.25, -0.2) is 0 Å². The van der Waals surface area contributed by atoms with Crippen LogP contribution in [0.2, 0.25) is 0 Å². The zero-order valence-electron chi connectivity index (χ0n) is 9.56. The van der Waals surface area contributed by atoms with Crippen molar-refractivity contribution in [2.75, 3.05) is 13.1 Å². The van der Waals surface area contributed by atoms with E-state index in [-0.39, 0.29) is 0 Å². The molecular formula is C12H15N3OS. The normalized spacial score (nSPS) is 20.6. The van der Waals surface area contributed by atoms with E-state index in [1.807, 2.05) is 16.8 Å². The van der Waals surface area contributed by atoms with E-state index in [9.17, 15) is 0 Å². The van der Waals surface area contributed by atoms with Crippen molar-refractivity contribution in [1.29, 1.82) is 0 Å². The molecule has 90 valence electrons. The van der Waals surface area contributed by atoms with E-state index in [0.29, 0.717) is 11.7 Å². The predicted octanol–water partition coefficient (Wildman–Crippen LogP) is 2.34. The Bertz CT molecular complexity index is 460. The molecule has 0 saturated carbocycles. The molecule has 3 rings (SSSR count). The lowest BCUT2D eigenvalue weighted by molar-refractivity contribution is 0.316. The SMILES string of the molecule is c1cc(-c2noc(C[C@H]3CCCNC3)n2)cs1. The molecule has 1 N–H and O–H groups in total. The summed E-state index contributed by atoms with van der Waals surface area (Å²) in [6, 6.07) is 2.02. The smallest absolute Gasteiger partial charge is 0.227 e. The standard InChI is InChI=1S/C12H15N3OS/c1-2-9(7-13-4-1)6-11-14-12(15-16-11)10-3-5-17-8-10/h3,5,8-9,13H,1-2,4,6-7H2/t9-/m1/s1. The largest absolute Gasteiger partial charge is 0.339 e. The minimum Gasteiger partial charge on any atom is -0.339 e. The fourth-order valence-electron chi connectivity index (χ4n) is 2.19. The molecule has 1 saturated heterocycles. The van der Waals surface area contributed by atoms with Crippen LogP contribution in [-0.4, -0.2) is 23.2 Å². The molecule has 0 aliphatic carbocycles. The second kappa shape index (κ2) is 4.98. The summed E-state index contributed by atoms with van der Waals surface area (Å²) in [5, 5.41) is 11.5. The zero-order chi connectivity index (χ0) is 11.5. The van der Waals surface area contributed by atoms with Gasteiger partial charge in [0.25, 0.3) is 0 Å². The summed E-state index contributed by atoms with van der Waals surface area (Å²) in [4.78, 5) is 4.45. The van der Waals surface area contributed by atoms with E-state index in [1.165, 1.54) is 12.8 Å². The average Bonchev–Trinajstić information content (AvgIpc) is 3.00. The zero-order valence-corrected chi connectivity index (χ0v) is 10.4. The first-order valence-electron chi connectivity index (χ1n) is 5.98. The van der Waals surface area contributed by atoms with Crippen molar-refractivity contribution in [1.82, 2.24) is 15.5 Å². The van der Waals surface area contributed by atoms with Crippen LogP contribution in [0.15, 0.2) is 21.3 Å². The maximum Gasteiger partial charge on any atom is 0.227 e. The van der Waals surface area contributed by atoms with Crippen molar-refractivity contribution in [3.05, 3.63) is 22.7 Å². The third kappa shape index (κ3) is 2.56. The Morgan fingerprint density at radius 3 is 3.29 bits per heavy atom. The molecule has 5 heteroatoms. The van der Waals surface area contributed by atoms with E-state index in [2.05, 4.69) is 15.5 Å². The maximum atomic E-state index is 5.31. The Labute approximate surface area is 104 Å². The molecule has 0 spiro atoms. The minimum atomic E-state index is 0.638. The van der Waals surface area contributed by atoms with E-state index < -0.39 is 0 Å². The number of piperidine rings is 1. The molecule has 2 aromatic heterocycles. The molecule has 2 aromatic rings.